The fourth-order valence-corrected chi connectivity index (χ4v) is 4.36. The Kier molecular flexibility index (Phi) is 3.72. The van der Waals surface area contributed by atoms with Crippen molar-refractivity contribution in [3.63, 3.8) is 0 Å². The Balaban J connectivity index is 1.68. The monoisotopic (exact) mass is 279 g/mol. The van der Waals surface area contributed by atoms with E-state index in [9.17, 15) is 0 Å². The number of halogens is 1. The standard InChI is InChI=1S/C16H22ClNO/c1-19-13-4-5-14(15(17)9-13)16(18)8-12-7-10-2-3-11(12)6-10/h4-5,9-12,16H,2-3,6-8,18H2,1H3. The predicted octanol–water partition coefficient (Wildman–Crippen LogP) is 4.17. The van der Waals surface area contributed by atoms with Crippen LogP contribution in [-0.4, -0.2) is 7.11 Å². The maximum Gasteiger partial charge on any atom is 0.120 e. The van der Waals surface area contributed by atoms with Crippen molar-refractivity contribution in [2.45, 2.75) is 38.1 Å². The van der Waals surface area contributed by atoms with E-state index in [1.807, 2.05) is 18.2 Å². The third-order valence-corrected chi connectivity index (χ3v) is 5.38. The Morgan fingerprint density at radius 3 is 2.79 bits per heavy atom. The van der Waals surface area contributed by atoms with E-state index < -0.39 is 0 Å². The van der Waals surface area contributed by atoms with Crippen LogP contribution < -0.4 is 10.5 Å². The molecule has 0 aromatic heterocycles. The summed E-state index contributed by atoms with van der Waals surface area (Å²) in [7, 11) is 1.65. The summed E-state index contributed by atoms with van der Waals surface area (Å²) in [4.78, 5) is 0. The molecule has 0 radical (unpaired) electrons. The van der Waals surface area contributed by atoms with E-state index >= 15 is 0 Å². The molecule has 1 aromatic rings. The Labute approximate surface area is 120 Å². The van der Waals surface area contributed by atoms with Crippen LogP contribution in [0.1, 0.15) is 43.7 Å². The number of benzene rings is 1. The highest BCUT2D eigenvalue weighted by atomic mass is 35.5. The van der Waals surface area contributed by atoms with E-state index in [1.54, 1.807) is 7.11 Å². The van der Waals surface area contributed by atoms with Crippen LogP contribution in [0.5, 0.6) is 5.75 Å². The number of hydrogen-bond acceptors (Lipinski definition) is 2. The first-order valence-electron chi connectivity index (χ1n) is 7.26. The quantitative estimate of drug-likeness (QED) is 0.897. The molecular formula is C16H22ClNO. The van der Waals surface area contributed by atoms with Gasteiger partial charge in [0.05, 0.1) is 7.11 Å². The molecule has 0 spiro atoms. The lowest BCUT2D eigenvalue weighted by Crippen LogP contribution is -2.19. The van der Waals surface area contributed by atoms with Gasteiger partial charge in [0, 0.05) is 11.1 Å². The second kappa shape index (κ2) is 5.34. The van der Waals surface area contributed by atoms with Crippen molar-refractivity contribution in [1.29, 1.82) is 0 Å². The number of hydrogen-bond donors (Lipinski definition) is 1. The Bertz CT molecular complexity index is 462. The van der Waals surface area contributed by atoms with Crippen LogP contribution in [0.4, 0.5) is 0 Å². The number of fused-ring (bicyclic) bond motifs is 2. The molecule has 0 saturated heterocycles. The average molecular weight is 280 g/mol. The molecule has 0 aliphatic heterocycles. The molecule has 2 aliphatic rings. The lowest BCUT2D eigenvalue weighted by Gasteiger charge is -2.25. The molecule has 0 amide bonds. The zero-order chi connectivity index (χ0) is 13.4. The Morgan fingerprint density at radius 2 is 2.21 bits per heavy atom. The minimum absolute atomic E-state index is 0.0581. The van der Waals surface area contributed by atoms with E-state index in [1.165, 1.54) is 25.7 Å². The maximum atomic E-state index is 6.37. The number of rotatable bonds is 4. The van der Waals surface area contributed by atoms with Crippen LogP contribution in [0.3, 0.4) is 0 Å². The summed E-state index contributed by atoms with van der Waals surface area (Å²) in [6.07, 6.45) is 6.76. The molecule has 4 atom stereocenters. The van der Waals surface area contributed by atoms with E-state index in [2.05, 4.69) is 0 Å². The van der Waals surface area contributed by atoms with Crippen LogP contribution in [0, 0.1) is 17.8 Å². The Hall–Kier alpha value is -0.730. The molecule has 3 rings (SSSR count). The predicted molar refractivity (Wildman–Crippen MR) is 78.5 cm³/mol. The first-order chi connectivity index (χ1) is 9.17. The third kappa shape index (κ3) is 2.61. The van der Waals surface area contributed by atoms with Gasteiger partial charge >= 0.3 is 0 Å². The van der Waals surface area contributed by atoms with Crippen molar-refractivity contribution in [3.05, 3.63) is 28.8 Å². The third-order valence-electron chi connectivity index (χ3n) is 5.05. The van der Waals surface area contributed by atoms with Crippen molar-refractivity contribution in [2.24, 2.45) is 23.5 Å². The lowest BCUT2D eigenvalue weighted by molar-refractivity contribution is 0.296. The smallest absolute Gasteiger partial charge is 0.120 e. The highest BCUT2D eigenvalue weighted by Crippen LogP contribution is 2.50. The zero-order valence-electron chi connectivity index (χ0n) is 11.4. The van der Waals surface area contributed by atoms with Gasteiger partial charge in [0.15, 0.2) is 0 Å². The molecule has 1 aromatic carbocycles. The molecule has 19 heavy (non-hydrogen) atoms. The van der Waals surface area contributed by atoms with Gasteiger partial charge in [0.2, 0.25) is 0 Å². The summed E-state index contributed by atoms with van der Waals surface area (Å²) in [6, 6.07) is 5.88. The molecule has 2 nitrogen and oxygen atoms in total. The Morgan fingerprint density at radius 1 is 1.37 bits per heavy atom. The summed E-state index contributed by atoms with van der Waals surface area (Å²) >= 11 is 6.31. The summed E-state index contributed by atoms with van der Waals surface area (Å²) < 4.78 is 5.18. The fraction of sp³-hybridized carbons (Fsp3) is 0.625. The van der Waals surface area contributed by atoms with Crippen LogP contribution in [0.25, 0.3) is 0 Å². The van der Waals surface area contributed by atoms with Crippen LogP contribution in [0.2, 0.25) is 5.02 Å². The van der Waals surface area contributed by atoms with Crippen LogP contribution in [-0.2, 0) is 0 Å². The number of methoxy groups -OCH3 is 1. The normalized spacial score (nSPS) is 30.6. The fourth-order valence-electron chi connectivity index (χ4n) is 4.05. The van der Waals surface area contributed by atoms with E-state index in [0.29, 0.717) is 0 Å². The van der Waals surface area contributed by atoms with Gasteiger partial charge < -0.3 is 10.5 Å². The number of ether oxygens (including phenoxy) is 1. The molecule has 2 bridgehead atoms. The van der Waals surface area contributed by atoms with Gasteiger partial charge in [-0.15, -0.1) is 0 Å². The van der Waals surface area contributed by atoms with Crippen LogP contribution in [0.15, 0.2) is 18.2 Å². The molecule has 2 aliphatic carbocycles. The van der Waals surface area contributed by atoms with Crippen molar-refractivity contribution >= 4 is 11.6 Å². The first kappa shape index (κ1) is 13.3. The van der Waals surface area contributed by atoms with Crippen molar-refractivity contribution in [2.75, 3.05) is 7.11 Å². The topological polar surface area (TPSA) is 35.2 Å². The van der Waals surface area contributed by atoms with Gasteiger partial charge in [0.1, 0.15) is 5.75 Å². The summed E-state index contributed by atoms with van der Waals surface area (Å²) in [5.74, 6) is 3.51. The highest BCUT2D eigenvalue weighted by Gasteiger charge is 2.39. The van der Waals surface area contributed by atoms with Crippen LogP contribution >= 0.6 is 11.6 Å². The SMILES string of the molecule is COc1ccc(C(N)CC2CC3CCC2C3)c(Cl)c1. The molecule has 3 heteroatoms. The van der Waals surface area contributed by atoms with Gasteiger partial charge in [-0.2, -0.15) is 0 Å². The second-order valence-corrected chi connectivity index (χ2v) is 6.57. The minimum Gasteiger partial charge on any atom is -0.497 e. The molecule has 2 N–H and O–H groups in total. The molecular weight excluding hydrogens is 258 g/mol. The number of nitrogens with two attached hydrogens (primary N) is 1. The summed E-state index contributed by atoms with van der Waals surface area (Å²) in [5, 5.41) is 0.731. The van der Waals surface area contributed by atoms with Crippen molar-refractivity contribution < 1.29 is 4.74 Å². The van der Waals surface area contributed by atoms with E-state index in [4.69, 9.17) is 22.1 Å². The minimum atomic E-state index is 0.0581. The zero-order valence-corrected chi connectivity index (χ0v) is 12.2. The molecule has 0 heterocycles. The summed E-state index contributed by atoms with van der Waals surface area (Å²) in [5.41, 5.74) is 7.43. The maximum absolute atomic E-state index is 6.37. The van der Waals surface area contributed by atoms with Crippen molar-refractivity contribution in [3.8, 4) is 5.75 Å². The first-order valence-corrected chi connectivity index (χ1v) is 7.64. The van der Waals surface area contributed by atoms with E-state index in [0.717, 1.165) is 40.5 Å². The lowest BCUT2D eigenvalue weighted by atomic mass is 9.83. The second-order valence-electron chi connectivity index (χ2n) is 6.16. The molecule has 4 unspecified atom stereocenters. The van der Waals surface area contributed by atoms with Gasteiger partial charge in [-0.05, 0) is 61.1 Å². The molecule has 2 saturated carbocycles. The van der Waals surface area contributed by atoms with Gasteiger partial charge in [-0.25, -0.2) is 0 Å². The van der Waals surface area contributed by atoms with Gasteiger partial charge in [-0.3, -0.25) is 0 Å². The average Bonchev–Trinajstić information content (AvgIpc) is 3.00. The van der Waals surface area contributed by atoms with Gasteiger partial charge in [-0.1, -0.05) is 24.1 Å². The largest absolute Gasteiger partial charge is 0.497 e. The van der Waals surface area contributed by atoms with Gasteiger partial charge in [0.25, 0.3) is 0 Å². The molecule has 104 valence electrons. The summed E-state index contributed by atoms with van der Waals surface area (Å²) in [6.45, 7) is 0. The van der Waals surface area contributed by atoms with Crippen molar-refractivity contribution in [1.82, 2.24) is 0 Å². The highest BCUT2D eigenvalue weighted by molar-refractivity contribution is 6.31. The van der Waals surface area contributed by atoms with E-state index in [-0.39, 0.29) is 6.04 Å². The molecule has 2 fully saturated rings.